The van der Waals surface area contributed by atoms with Gasteiger partial charge in [0.05, 0.1) is 22.4 Å². The van der Waals surface area contributed by atoms with E-state index in [0.717, 1.165) is 39.6 Å². The van der Waals surface area contributed by atoms with Crippen molar-refractivity contribution in [2.24, 2.45) is 0 Å². The van der Waals surface area contributed by atoms with Gasteiger partial charge < -0.3 is 14.8 Å². The van der Waals surface area contributed by atoms with Crippen molar-refractivity contribution in [1.82, 2.24) is 9.80 Å². The van der Waals surface area contributed by atoms with Crippen LogP contribution in [0.3, 0.4) is 0 Å². The number of rotatable bonds is 3. The zero-order valence-electron chi connectivity index (χ0n) is 12.0. The Morgan fingerprint density at radius 1 is 1.52 bits per heavy atom. The molecule has 2 fully saturated rings. The molecule has 0 aromatic heterocycles. The molecule has 2 aliphatic heterocycles. The molecular formula is C12H13N2NaO3S3. The largest absolute Gasteiger partial charge is 1.00 e. The summed E-state index contributed by atoms with van der Waals surface area (Å²) in [5.74, 6) is -0.643. The summed E-state index contributed by atoms with van der Waals surface area (Å²) >= 11 is 7.92. The van der Waals surface area contributed by atoms with Gasteiger partial charge in [-0.15, -0.1) is 11.8 Å². The average Bonchev–Trinajstić information content (AvgIpc) is 2.88. The summed E-state index contributed by atoms with van der Waals surface area (Å²) in [6.07, 6.45) is 1.95. The predicted molar refractivity (Wildman–Crippen MR) is 82.8 cm³/mol. The zero-order valence-corrected chi connectivity index (χ0v) is 16.5. The molecule has 2 rings (SSSR count). The number of aliphatic carboxylic acids is 1. The molecule has 2 aliphatic rings. The molecule has 0 N–H and O–H groups in total. The van der Waals surface area contributed by atoms with Crippen LogP contribution in [0.2, 0.25) is 0 Å². The second kappa shape index (κ2) is 8.03. The fourth-order valence-corrected chi connectivity index (χ4v) is 4.21. The van der Waals surface area contributed by atoms with Crippen molar-refractivity contribution in [3.8, 4) is 0 Å². The average molecular weight is 352 g/mol. The number of carbonyl (C=O) groups is 2. The summed E-state index contributed by atoms with van der Waals surface area (Å²) in [5.41, 5.74) is 0.805. The van der Waals surface area contributed by atoms with E-state index in [1.54, 1.807) is 11.8 Å². The topological polar surface area (TPSA) is 63.7 Å². The van der Waals surface area contributed by atoms with Crippen LogP contribution in [0.15, 0.2) is 21.6 Å². The molecule has 0 aromatic rings. The van der Waals surface area contributed by atoms with Crippen molar-refractivity contribution in [2.75, 3.05) is 25.9 Å². The maximum absolute atomic E-state index is 12.2. The monoisotopic (exact) mass is 352 g/mol. The Labute approximate surface area is 159 Å². The van der Waals surface area contributed by atoms with E-state index in [9.17, 15) is 14.7 Å². The molecule has 0 unspecified atom stereocenters. The van der Waals surface area contributed by atoms with Gasteiger partial charge in [-0.2, -0.15) is 0 Å². The third kappa shape index (κ3) is 4.49. The smallest absolute Gasteiger partial charge is 0.548 e. The molecule has 2 saturated heterocycles. The molecule has 1 amide bonds. The number of amides is 1. The standard InChI is InChI=1S/C12H14N2O3S3.Na/c1-7(5-8-13(2)3-4-19-8)10-11(17)14(6-9(15)16)12(18)20-10;/h5H,3-4,6H2,1-2H3,(H,15,16);/q;+1/p-1/b8-5+,10-7+;. The number of carboxylic acids is 1. The van der Waals surface area contributed by atoms with Gasteiger partial charge in [0, 0.05) is 19.3 Å². The van der Waals surface area contributed by atoms with Gasteiger partial charge in [-0.25, -0.2) is 0 Å². The molecule has 0 aromatic carbocycles. The van der Waals surface area contributed by atoms with Crippen LogP contribution in [0.4, 0.5) is 0 Å². The van der Waals surface area contributed by atoms with Gasteiger partial charge in [0.2, 0.25) is 0 Å². The first-order chi connectivity index (χ1) is 9.40. The van der Waals surface area contributed by atoms with Crippen molar-refractivity contribution >= 4 is 51.9 Å². The summed E-state index contributed by atoms with van der Waals surface area (Å²) < 4.78 is 0.263. The Kier molecular flexibility index (Phi) is 7.29. The summed E-state index contributed by atoms with van der Waals surface area (Å²) in [7, 11) is 2.00. The van der Waals surface area contributed by atoms with Crippen molar-refractivity contribution in [2.45, 2.75) is 6.92 Å². The minimum atomic E-state index is -1.32. The van der Waals surface area contributed by atoms with Gasteiger partial charge >= 0.3 is 29.6 Å². The van der Waals surface area contributed by atoms with Crippen molar-refractivity contribution in [3.05, 3.63) is 21.6 Å². The minimum absolute atomic E-state index is 0. The number of allylic oxidation sites excluding steroid dienone is 2. The van der Waals surface area contributed by atoms with Gasteiger partial charge in [-0.1, -0.05) is 24.0 Å². The summed E-state index contributed by atoms with van der Waals surface area (Å²) in [4.78, 5) is 26.5. The molecule has 0 aliphatic carbocycles. The van der Waals surface area contributed by atoms with Crippen LogP contribution < -0.4 is 34.7 Å². The number of carbonyl (C=O) groups excluding carboxylic acids is 2. The van der Waals surface area contributed by atoms with Crippen LogP contribution >= 0.6 is 35.7 Å². The molecule has 0 atom stereocenters. The van der Waals surface area contributed by atoms with E-state index in [4.69, 9.17) is 12.2 Å². The van der Waals surface area contributed by atoms with E-state index in [-0.39, 0.29) is 39.8 Å². The van der Waals surface area contributed by atoms with E-state index in [1.807, 2.05) is 20.0 Å². The molecule has 108 valence electrons. The first-order valence-electron chi connectivity index (χ1n) is 5.90. The molecule has 0 saturated carbocycles. The third-order valence-electron chi connectivity index (χ3n) is 2.89. The van der Waals surface area contributed by atoms with Gasteiger partial charge in [-0.3, -0.25) is 9.69 Å². The maximum atomic E-state index is 12.2. The Balaban J connectivity index is 0.00000220. The Bertz CT molecular complexity index is 548. The molecule has 0 radical (unpaired) electrons. The Morgan fingerprint density at radius 3 is 2.71 bits per heavy atom. The molecule has 5 nitrogen and oxygen atoms in total. The second-order valence-electron chi connectivity index (χ2n) is 4.40. The number of carboxylic acid groups (broad SMARTS) is 1. The van der Waals surface area contributed by atoms with Gasteiger partial charge in [0.15, 0.2) is 0 Å². The first-order valence-corrected chi connectivity index (χ1v) is 8.11. The van der Waals surface area contributed by atoms with Crippen molar-refractivity contribution in [1.29, 1.82) is 0 Å². The van der Waals surface area contributed by atoms with Gasteiger partial charge in [0.25, 0.3) is 5.91 Å². The Hall–Kier alpha value is 0.01000. The van der Waals surface area contributed by atoms with E-state index < -0.39 is 12.5 Å². The molecule has 0 bridgehead atoms. The van der Waals surface area contributed by atoms with Crippen LogP contribution in [-0.2, 0) is 9.59 Å². The normalized spacial score (nSPS) is 22.9. The molecule has 0 spiro atoms. The second-order valence-corrected chi connectivity index (χ2v) is 7.16. The number of hydrogen-bond acceptors (Lipinski definition) is 7. The third-order valence-corrected chi connectivity index (χ3v) is 5.57. The summed E-state index contributed by atoms with van der Waals surface area (Å²) in [6.45, 7) is 2.33. The molecule has 21 heavy (non-hydrogen) atoms. The van der Waals surface area contributed by atoms with E-state index in [0.29, 0.717) is 4.91 Å². The predicted octanol–water partition coefficient (Wildman–Crippen LogP) is -2.61. The Morgan fingerprint density at radius 2 is 2.19 bits per heavy atom. The first kappa shape index (κ1) is 19.1. The van der Waals surface area contributed by atoms with Crippen LogP contribution in [0, 0.1) is 0 Å². The fourth-order valence-electron chi connectivity index (χ4n) is 1.82. The van der Waals surface area contributed by atoms with E-state index >= 15 is 0 Å². The summed E-state index contributed by atoms with van der Waals surface area (Å²) in [5, 5.41) is 11.7. The van der Waals surface area contributed by atoms with Crippen LogP contribution in [-0.4, -0.2) is 51.9 Å². The molecule has 9 heteroatoms. The van der Waals surface area contributed by atoms with Crippen LogP contribution in [0.1, 0.15) is 6.92 Å². The molecule has 2 heterocycles. The SMILES string of the molecule is CC(/C=C1/SCCN1C)=C1\SC(=S)N(CC(=O)[O-])C1=O.[Na+]. The fraction of sp³-hybridized carbons (Fsp3) is 0.417. The van der Waals surface area contributed by atoms with Crippen molar-refractivity contribution in [3.63, 3.8) is 0 Å². The van der Waals surface area contributed by atoms with E-state index in [2.05, 4.69) is 4.90 Å². The number of hydrogen-bond donors (Lipinski definition) is 0. The van der Waals surface area contributed by atoms with Crippen LogP contribution in [0.25, 0.3) is 0 Å². The summed E-state index contributed by atoms with van der Waals surface area (Å²) in [6, 6.07) is 0. The quantitative estimate of drug-likeness (QED) is 0.313. The minimum Gasteiger partial charge on any atom is -0.548 e. The number of thiocarbonyl (C=S) groups is 1. The van der Waals surface area contributed by atoms with Gasteiger partial charge in [-0.05, 0) is 18.6 Å². The number of nitrogens with zero attached hydrogens (tertiary/aromatic N) is 2. The van der Waals surface area contributed by atoms with Crippen LogP contribution in [0.5, 0.6) is 0 Å². The maximum Gasteiger partial charge on any atom is 1.00 e. The van der Waals surface area contributed by atoms with E-state index in [1.165, 1.54) is 0 Å². The van der Waals surface area contributed by atoms with Gasteiger partial charge in [0.1, 0.15) is 4.32 Å². The zero-order chi connectivity index (χ0) is 14.9. The van der Waals surface area contributed by atoms with Crippen molar-refractivity contribution < 1.29 is 44.3 Å². The molecular weight excluding hydrogens is 339 g/mol. The number of thioether (sulfide) groups is 2.